The van der Waals surface area contributed by atoms with Gasteiger partial charge in [0, 0.05) is 19.3 Å². The predicted octanol–water partition coefficient (Wildman–Crippen LogP) is 1.11. The van der Waals surface area contributed by atoms with Gasteiger partial charge in [-0.3, -0.25) is 14.5 Å². The maximum absolute atomic E-state index is 12.6. The van der Waals surface area contributed by atoms with Crippen molar-refractivity contribution in [2.45, 2.75) is 30.8 Å². The molecule has 3 N–H and O–H groups in total. The van der Waals surface area contributed by atoms with Crippen LogP contribution in [0.15, 0.2) is 47.6 Å². The van der Waals surface area contributed by atoms with Crippen molar-refractivity contribution < 1.29 is 13.2 Å². The second-order valence-electron chi connectivity index (χ2n) is 6.08. The summed E-state index contributed by atoms with van der Waals surface area (Å²) in [6.07, 6.45) is 3.70. The lowest BCUT2D eigenvalue weighted by atomic mass is 9.99. The largest absolute Gasteiger partial charge is 0.337 e. The van der Waals surface area contributed by atoms with Gasteiger partial charge < -0.3 is 10.6 Å². The van der Waals surface area contributed by atoms with Crippen LogP contribution in [0, 0.1) is 0 Å². The summed E-state index contributed by atoms with van der Waals surface area (Å²) in [6, 6.07) is 7.73. The summed E-state index contributed by atoms with van der Waals surface area (Å²) >= 11 is 0. The third-order valence-electron chi connectivity index (χ3n) is 4.12. The first kappa shape index (κ1) is 17.4. The van der Waals surface area contributed by atoms with Crippen molar-refractivity contribution in [3.8, 4) is 0 Å². The molecule has 132 valence electrons. The van der Waals surface area contributed by atoms with E-state index < -0.39 is 16.1 Å². The normalized spacial score (nSPS) is 15.4. The molecule has 3 rings (SSSR count). The number of rotatable bonds is 4. The fourth-order valence-electron chi connectivity index (χ4n) is 2.81. The number of amides is 1. The average Bonchev–Trinajstić information content (AvgIpc) is 2.60. The minimum Gasteiger partial charge on any atom is -0.337 e. The number of nitrogens with one attached hydrogen (secondary N) is 1. The summed E-state index contributed by atoms with van der Waals surface area (Å²) in [6.45, 7) is 2.61. The minimum absolute atomic E-state index is 0.132. The molecule has 25 heavy (non-hydrogen) atoms. The maximum Gasteiger partial charge on any atom is 0.261 e. The van der Waals surface area contributed by atoms with E-state index in [1.807, 2.05) is 0 Å². The molecule has 0 aliphatic carbocycles. The Hall–Kier alpha value is -2.45. The number of fused-ring (bicyclic) bond motifs is 1. The van der Waals surface area contributed by atoms with Gasteiger partial charge in [0.1, 0.15) is 0 Å². The Bertz CT molecular complexity index is 882. The zero-order chi connectivity index (χ0) is 18.0. The average molecular weight is 360 g/mol. The van der Waals surface area contributed by atoms with Crippen LogP contribution in [0.2, 0.25) is 0 Å². The number of anilines is 1. The van der Waals surface area contributed by atoms with Crippen molar-refractivity contribution >= 4 is 21.6 Å². The van der Waals surface area contributed by atoms with Crippen molar-refractivity contribution in [1.29, 1.82) is 0 Å². The number of nitrogens with zero attached hydrogens (tertiary/aromatic N) is 2. The van der Waals surface area contributed by atoms with E-state index in [4.69, 9.17) is 5.73 Å². The third-order valence-corrected chi connectivity index (χ3v) is 5.49. The Morgan fingerprint density at radius 3 is 2.80 bits per heavy atom. The van der Waals surface area contributed by atoms with Crippen LogP contribution in [-0.2, 0) is 27.8 Å². The highest BCUT2D eigenvalue weighted by Crippen LogP contribution is 2.24. The molecule has 7 nitrogen and oxygen atoms in total. The molecule has 8 heteroatoms. The zero-order valence-corrected chi connectivity index (χ0v) is 14.7. The number of aromatic nitrogens is 1. The van der Waals surface area contributed by atoms with Crippen molar-refractivity contribution in [1.82, 2.24) is 9.88 Å². The van der Waals surface area contributed by atoms with Crippen LogP contribution in [0.1, 0.15) is 18.1 Å². The SMILES string of the molecule is C[C@@H](N)C(=O)N1CCc2ccc(S(=O)(=O)Nc3cccnc3)cc2C1. The molecule has 1 aliphatic heterocycles. The number of benzene rings is 1. The summed E-state index contributed by atoms with van der Waals surface area (Å²) in [5, 5.41) is 0. The summed E-state index contributed by atoms with van der Waals surface area (Å²) in [5.74, 6) is -0.132. The topological polar surface area (TPSA) is 105 Å². The molecule has 2 aromatic rings. The Labute approximate surface area is 146 Å². The number of nitrogens with two attached hydrogens (primary N) is 1. The quantitative estimate of drug-likeness (QED) is 0.850. The van der Waals surface area contributed by atoms with Gasteiger partial charge in [0.2, 0.25) is 5.91 Å². The van der Waals surface area contributed by atoms with Crippen molar-refractivity contribution in [2.24, 2.45) is 5.73 Å². The van der Waals surface area contributed by atoms with Gasteiger partial charge in [-0.05, 0) is 48.7 Å². The van der Waals surface area contributed by atoms with Crippen LogP contribution >= 0.6 is 0 Å². The Morgan fingerprint density at radius 1 is 1.32 bits per heavy atom. The molecule has 0 saturated carbocycles. The lowest BCUT2D eigenvalue weighted by Crippen LogP contribution is -2.44. The zero-order valence-electron chi connectivity index (χ0n) is 13.8. The monoisotopic (exact) mass is 360 g/mol. The van der Waals surface area contributed by atoms with E-state index in [9.17, 15) is 13.2 Å². The summed E-state index contributed by atoms with van der Waals surface area (Å²) in [7, 11) is -3.72. The summed E-state index contributed by atoms with van der Waals surface area (Å²) in [4.78, 5) is 17.8. The Balaban J connectivity index is 1.86. The van der Waals surface area contributed by atoms with E-state index in [1.54, 1.807) is 48.4 Å². The number of carbonyl (C=O) groups is 1. The molecule has 0 fully saturated rings. The molecule has 0 unspecified atom stereocenters. The van der Waals surface area contributed by atoms with Crippen LogP contribution in [-0.4, -0.2) is 36.8 Å². The summed E-state index contributed by atoms with van der Waals surface area (Å²) in [5.41, 5.74) is 7.94. The molecule has 1 aromatic carbocycles. The molecule has 2 heterocycles. The minimum atomic E-state index is -3.72. The maximum atomic E-state index is 12.6. The number of hydrogen-bond acceptors (Lipinski definition) is 5. The van der Waals surface area contributed by atoms with Crippen molar-refractivity contribution in [3.63, 3.8) is 0 Å². The molecule has 1 aliphatic rings. The van der Waals surface area contributed by atoms with Crippen molar-refractivity contribution in [3.05, 3.63) is 53.9 Å². The fraction of sp³-hybridized carbons (Fsp3) is 0.294. The van der Waals surface area contributed by atoms with Gasteiger partial charge in [-0.2, -0.15) is 0 Å². The fourth-order valence-corrected chi connectivity index (χ4v) is 3.91. The van der Waals surface area contributed by atoms with Crippen LogP contribution in [0.5, 0.6) is 0 Å². The number of sulfonamides is 1. The smallest absolute Gasteiger partial charge is 0.261 e. The lowest BCUT2D eigenvalue weighted by Gasteiger charge is -2.30. The van der Waals surface area contributed by atoms with E-state index in [1.165, 1.54) is 6.20 Å². The molecule has 0 bridgehead atoms. The first-order valence-corrected chi connectivity index (χ1v) is 9.44. The predicted molar refractivity (Wildman–Crippen MR) is 94.3 cm³/mol. The van der Waals surface area contributed by atoms with Crippen LogP contribution in [0.3, 0.4) is 0 Å². The molecular formula is C17H20N4O3S. The molecular weight excluding hydrogens is 340 g/mol. The molecule has 0 saturated heterocycles. The number of pyridine rings is 1. The molecule has 1 atom stereocenters. The third kappa shape index (κ3) is 3.80. The van der Waals surface area contributed by atoms with Gasteiger partial charge >= 0.3 is 0 Å². The highest BCUT2D eigenvalue weighted by atomic mass is 32.2. The summed E-state index contributed by atoms with van der Waals surface area (Å²) < 4.78 is 27.6. The number of carbonyl (C=O) groups excluding carboxylic acids is 1. The van der Waals surface area contributed by atoms with E-state index in [-0.39, 0.29) is 10.8 Å². The highest BCUT2D eigenvalue weighted by Gasteiger charge is 2.24. The van der Waals surface area contributed by atoms with E-state index in [0.717, 1.165) is 11.1 Å². The molecule has 1 aromatic heterocycles. The first-order valence-electron chi connectivity index (χ1n) is 7.96. The van der Waals surface area contributed by atoms with Gasteiger partial charge in [-0.1, -0.05) is 6.07 Å². The van der Waals surface area contributed by atoms with Crippen LogP contribution in [0.4, 0.5) is 5.69 Å². The van der Waals surface area contributed by atoms with Gasteiger partial charge in [0.25, 0.3) is 10.0 Å². The standard InChI is InChI=1S/C17H20N4O3S/c1-12(18)17(22)21-8-6-13-4-5-16(9-14(13)11-21)25(23,24)20-15-3-2-7-19-10-15/h2-5,7,9-10,12,20H,6,8,11,18H2,1H3/t12-/m1/s1. The van der Waals surface area contributed by atoms with Crippen LogP contribution < -0.4 is 10.5 Å². The molecule has 0 spiro atoms. The van der Waals surface area contributed by atoms with Gasteiger partial charge in [0.15, 0.2) is 0 Å². The van der Waals surface area contributed by atoms with E-state index in [2.05, 4.69) is 9.71 Å². The Morgan fingerprint density at radius 2 is 2.12 bits per heavy atom. The van der Waals surface area contributed by atoms with Crippen molar-refractivity contribution in [2.75, 3.05) is 11.3 Å². The Kier molecular flexibility index (Phi) is 4.73. The van der Waals surface area contributed by atoms with Gasteiger partial charge in [-0.25, -0.2) is 8.42 Å². The van der Waals surface area contributed by atoms with E-state index in [0.29, 0.717) is 25.2 Å². The van der Waals surface area contributed by atoms with Gasteiger partial charge in [-0.15, -0.1) is 0 Å². The lowest BCUT2D eigenvalue weighted by molar-refractivity contribution is -0.133. The van der Waals surface area contributed by atoms with E-state index >= 15 is 0 Å². The molecule has 1 amide bonds. The highest BCUT2D eigenvalue weighted by molar-refractivity contribution is 7.92. The first-order chi connectivity index (χ1) is 11.9. The second kappa shape index (κ2) is 6.81. The van der Waals surface area contributed by atoms with Crippen LogP contribution in [0.25, 0.3) is 0 Å². The van der Waals surface area contributed by atoms with Gasteiger partial charge in [0.05, 0.1) is 22.8 Å². The number of hydrogen-bond donors (Lipinski definition) is 2. The second-order valence-corrected chi connectivity index (χ2v) is 7.76. The molecule has 0 radical (unpaired) electrons.